The quantitative estimate of drug-likeness (QED) is 0.229. The molecule has 0 spiro atoms. The standard InChI is InChI=1S/C23H35N4O6P/c1-13(2)9-15(20(28)26-18(10-14(3)4)21(29)25-5)11-34(32)33-12-27-22(30)16-7-6-8-17(24)19(16)23(27)31/h6-8,13-15,18,34H,9-12,24H2,1-5H3,(H,25,29)(H,26,28)/t15-,18+/m1/s1. The molecular weight excluding hydrogens is 459 g/mol. The Morgan fingerprint density at radius 1 is 1.06 bits per heavy atom. The van der Waals surface area contributed by atoms with E-state index in [1.165, 1.54) is 19.2 Å². The summed E-state index contributed by atoms with van der Waals surface area (Å²) in [4.78, 5) is 51.1. The smallest absolute Gasteiger partial charge is 0.265 e. The van der Waals surface area contributed by atoms with Gasteiger partial charge in [-0.15, -0.1) is 0 Å². The lowest BCUT2D eigenvalue weighted by Gasteiger charge is -2.24. The van der Waals surface area contributed by atoms with Crippen LogP contribution in [0, 0.1) is 17.8 Å². The molecule has 1 heterocycles. The molecule has 0 bridgehead atoms. The van der Waals surface area contributed by atoms with Crippen LogP contribution >= 0.6 is 8.03 Å². The normalized spacial score (nSPS) is 15.9. The van der Waals surface area contributed by atoms with Gasteiger partial charge in [0, 0.05) is 24.8 Å². The van der Waals surface area contributed by atoms with Crippen molar-refractivity contribution in [2.45, 2.75) is 46.6 Å². The second kappa shape index (κ2) is 12.1. The van der Waals surface area contributed by atoms with Crippen molar-refractivity contribution in [3.63, 3.8) is 0 Å². The average Bonchev–Trinajstić information content (AvgIpc) is 3.00. The number of amides is 4. The van der Waals surface area contributed by atoms with Crippen molar-refractivity contribution in [2.75, 3.05) is 25.7 Å². The minimum atomic E-state index is -2.78. The zero-order valence-corrected chi connectivity index (χ0v) is 21.3. The van der Waals surface area contributed by atoms with Crippen molar-refractivity contribution >= 4 is 37.3 Å². The van der Waals surface area contributed by atoms with Gasteiger partial charge in [0.15, 0.2) is 8.03 Å². The van der Waals surface area contributed by atoms with Gasteiger partial charge in [0.25, 0.3) is 11.8 Å². The summed E-state index contributed by atoms with van der Waals surface area (Å²) in [6.07, 6.45) is 0.841. The summed E-state index contributed by atoms with van der Waals surface area (Å²) in [5.74, 6) is -2.18. The Balaban J connectivity index is 2.03. The third kappa shape index (κ3) is 6.90. The van der Waals surface area contributed by atoms with Crippen LogP contribution in [0.15, 0.2) is 18.2 Å². The van der Waals surface area contributed by atoms with Gasteiger partial charge in [0.1, 0.15) is 12.8 Å². The first-order chi connectivity index (χ1) is 16.0. The first-order valence-corrected chi connectivity index (χ1v) is 12.9. The Bertz CT molecular complexity index is 965. The Morgan fingerprint density at radius 2 is 1.71 bits per heavy atom. The Morgan fingerprint density at radius 3 is 2.26 bits per heavy atom. The lowest BCUT2D eigenvalue weighted by Crippen LogP contribution is -2.48. The van der Waals surface area contributed by atoms with Gasteiger partial charge in [-0.25, -0.2) is 4.90 Å². The molecule has 0 aliphatic carbocycles. The van der Waals surface area contributed by atoms with E-state index in [1.54, 1.807) is 6.07 Å². The number of nitrogen functional groups attached to an aromatic ring is 1. The molecule has 34 heavy (non-hydrogen) atoms. The van der Waals surface area contributed by atoms with Crippen molar-refractivity contribution in [3.8, 4) is 0 Å². The predicted molar refractivity (Wildman–Crippen MR) is 130 cm³/mol. The third-order valence-electron chi connectivity index (χ3n) is 5.51. The Labute approximate surface area is 200 Å². The van der Waals surface area contributed by atoms with Crippen molar-refractivity contribution in [1.82, 2.24) is 15.5 Å². The van der Waals surface area contributed by atoms with E-state index < -0.39 is 38.5 Å². The maximum absolute atomic E-state index is 13.0. The van der Waals surface area contributed by atoms with Gasteiger partial charge in [0.05, 0.1) is 11.1 Å². The van der Waals surface area contributed by atoms with Crippen LogP contribution in [0.3, 0.4) is 0 Å². The first kappa shape index (κ1) is 27.5. The fraction of sp³-hybridized carbons (Fsp3) is 0.565. The van der Waals surface area contributed by atoms with E-state index in [2.05, 4.69) is 10.6 Å². The third-order valence-corrected chi connectivity index (χ3v) is 6.79. The number of nitrogens with one attached hydrogen (secondary N) is 2. The van der Waals surface area contributed by atoms with Crippen molar-refractivity contribution < 1.29 is 28.3 Å². The van der Waals surface area contributed by atoms with Gasteiger partial charge in [-0.3, -0.25) is 23.7 Å². The van der Waals surface area contributed by atoms with E-state index in [0.29, 0.717) is 12.8 Å². The number of imide groups is 1. The molecule has 0 fully saturated rings. The summed E-state index contributed by atoms with van der Waals surface area (Å²) < 4.78 is 18.1. The summed E-state index contributed by atoms with van der Waals surface area (Å²) >= 11 is 0. The zero-order chi connectivity index (χ0) is 25.6. The van der Waals surface area contributed by atoms with Gasteiger partial charge in [0.2, 0.25) is 11.8 Å². The maximum Gasteiger partial charge on any atom is 0.265 e. The number of carbonyl (C=O) groups is 4. The van der Waals surface area contributed by atoms with E-state index in [9.17, 15) is 23.7 Å². The largest absolute Gasteiger partial charge is 0.398 e. The highest BCUT2D eigenvalue weighted by atomic mass is 31.1. The number of fused-ring (bicyclic) bond motifs is 1. The average molecular weight is 495 g/mol. The number of nitrogens with zero attached hydrogens (tertiary/aromatic N) is 1. The van der Waals surface area contributed by atoms with Crippen molar-refractivity contribution in [3.05, 3.63) is 29.3 Å². The summed E-state index contributed by atoms with van der Waals surface area (Å²) in [6, 6.07) is 3.90. The SMILES string of the molecule is CNC(=O)[C@H](CC(C)C)NC(=O)[C@H](CC(C)C)C[PH](=O)OCN1C(=O)c2cccc(N)c2C1=O. The van der Waals surface area contributed by atoms with Crippen LogP contribution in [0.2, 0.25) is 0 Å². The molecule has 0 saturated carbocycles. The highest BCUT2D eigenvalue weighted by Crippen LogP contribution is 2.32. The number of rotatable bonds is 12. The molecule has 4 amide bonds. The monoisotopic (exact) mass is 494 g/mol. The molecule has 0 aromatic heterocycles. The number of anilines is 1. The van der Waals surface area contributed by atoms with Crippen LogP contribution in [0.5, 0.6) is 0 Å². The molecule has 0 radical (unpaired) electrons. The molecule has 1 aliphatic rings. The molecule has 1 aromatic rings. The minimum absolute atomic E-state index is 0.0673. The molecule has 1 unspecified atom stereocenters. The molecule has 10 nitrogen and oxygen atoms in total. The van der Waals surface area contributed by atoms with Crippen LogP contribution < -0.4 is 16.4 Å². The fourth-order valence-electron chi connectivity index (χ4n) is 3.89. The van der Waals surface area contributed by atoms with Crippen LogP contribution in [0.1, 0.15) is 61.3 Å². The van der Waals surface area contributed by atoms with Gasteiger partial charge in [-0.2, -0.15) is 0 Å². The van der Waals surface area contributed by atoms with E-state index in [1.807, 2.05) is 27.7 Å². The van der Waals surface area contributed by atoms with Crippen LogP contribution in [0.4, 0.5) is 5.69 Å². The molecule has 4 N–H and O–H groups in total. The lowest BCUT2D eigenvalue weighted by atomic mass is 9.96. The summed E-state index contributed by atoms with van der Waals surface area (Å²) in [5.41, 5.74) is 6.29. The van der Waals surface area contributed by atoms with E-state index in [-0.39, 0.29) is 46.6 Å². The topological polar surface area (TPSA) is 148 Å². The lowest BCUT2D eigenvalue weighted by molar-refractivity contribution is -0.131. The summed E-state index contributed by atoms with van der Waals surface area (Å²) in [6.45, 7) is 7.28. The molecule has 0 saturated heterocycles. The van der Waals surface area contributed by atoms with Gasteiger partial charge < -0.3 is 20.9 Å². The van der Waals surface area contributed by atoms with Crippen LogP contribution in [-0.4, -0.2) is 54.5 Å². The van der Waals surface area contributed by atoms with E-state index in [4.69, 9.17) is 10.3 Å². The number of carbonyl (C=O) groups excluding carboxylic acids is 4. The van der Waals surface area contributed by atoms with Gasteiger partial charge in [-0.1, -0.05) is 33.8 Å². The summed E-state index contributed by atoms with van der Waals surface area (Å²) in [5, 5.41) is 5.33. The molecule has 3 atom stereocenters. The molecule has 11 heteroatoms. The summed E-state index contributed by atoms with van der Waals surface area (Å²) in [7, 11) is -1.27. The molecule has 2 rings (SSSR count). The highest BCUT2D eigenvalue weighted by molar-refractivity contribution is 7.39. The second-order valence-electron chi connectivity index (χ2n) is 9.29. The molecule has 1 aliphatic heterocycles. The highest BCUT2D eigenvalue weighted by Gasteiger charge is 2.37. The van der Waals surface area contributed by atoms with E-state index >= 15 is 0 Å². The Kier molecular flexibility index (Phi) is 9.82. The Hall–Kier alpha value is -2.71. The molecular formula is C23H35N4O6P. The number of nitrogens with two attached hydrogens (primary N) is 1. The predicted octanol–water partition coefficient (Wildman–Crippen LogP) is 2.25. The number of hydrogen-bond acceptors (Lipinski definition) is 7. The second-order valence-corrected chi connectivity index (χ2v) is 10.7. The number of hydrogen-bond donors (Lipinski definition) is 3. The van der Waals surface area contributed by atoms with Crippen molar-refractivity contribution in [1.29, 1.82) is 0 Å². The van der Waals surface area contributed by atoms with Crippen LogP contribution in [0.25, 0.3) is 0 Å². The molecule has 188 valence electrons. The fourth-order valence-corrected chi connectivity index (χ4v) is 5.04. The van der Waals surface area contributed by atoms with Gasteiger partial charge in [-0.05, 0) is 36.8 Å². The maximum atomic E-state index is 13.0. The molecule has 1 aromatic carbocycles. The van der Waals surface area contributed by atoms with Crippen molar-refractivity contribution in [2.24, 2.45) is 17.8 Å². The van der Waals surface area contributed by atoms with Gasteiger partial charge >= 0.3 is 0 Å². The van der Waals surface area contributed by atoms with Crippen LogP contribution in [-0.2, 0) is 18.7 Å². The zero-order valence-electron chi connectivity index (χ0n) is 20.3. The number of likely N-dealkylation sites (N-methyl/N-ethyl adjacent to an activating group) is 1. The number of benzene rings is 1. The first-order valence-electron chi connectivity index (χ1n) is 11.4. The minimum Gasteiger partial charge on any atom is -0.398 e. The van der Waals surface area contributed by atoms with E-state index in [0.717, 1.165) is 4.90 Å².